The van der Waals surface area contributed by atoms with Crippen LogP contribution in [0.3, 0.4) is 0 Å². The van der Waals surface area contributed by atoms with E-state index in [1.165, 1.54) is 0 Å². The molecule has 3 fully saturated rings. The molecule has 2 aliphatic carbocycles. The summed E-state index contributed by atoms with van der Waals surface area (Å²) in [5.41, 5.74) is 1.17. The highest BCUT2D eigenvalue weighted by Gasteiger charge is 2.76. The number of halogens is 6. The van der Waals surface area contributed by atoms with Crippen molar-refractivity contribution < 1.29 is 42.2 Å². The van der Waals surface area contributed by atoms with E-state index < -0.39 is 74.9 Å². The van der Waals surface area contributed by atoms with Crippen molar-refractivity contribution in [3.63, 3.8) is 0 Å². The summed E-state index contributed by atoms with van der Waals surface area (Å²) in [5.74, 6) is -8.21. The van der Waals surface area contributed by atoms with Crippen LogP contribution in [0.4, 0.5) is 18.9 Å². The lowest BCUT2D eigenvalue weighted by Gasteiger charge is -2.50. The standard InChI is InChI=1S/C30H24BrCl2F3N2O6/c1-2-14-3-5-15(6-4-14)38-24(40)18-9-8-17-20(22(18)25(38)41)12-28(32)26(42)37(13-31)27(43)29(28,33)23(17)19-11-16(7-10-21(19)39)44-30(34,35)36/h3-8,10-11,18,20,22-23,39H,2,9,12-13H2,1H3/t18-,20+,22-,23+,28+,29-/m0/s1. The third-order valence-corrected chi connectivity index (χ3v) is 11.1. The van der Waals surface area contributed by atoms with Gasteiger partial charge in [0, 0.05) is 11.5 Å². The number of hydrogen-bond acceptors (Lipinski definition) is 6. The van der Waals surface area contributed by atoms with Gasteiger partial charge >= 0.3 is 6.36 Å². The van der Waals surface area contributed by atoms with Crippen LogP contribution in [0.1, 0.15) is 36.8 Å². The Kier molecular flexibility index (Phi) is 7.37. The number of allylic oxidation sites excluding steroid dienone is 2. The van der Waals surface area contributed by atoms with Gasteiger partial charge in [0.15, 0.2) is 9.75 Å². The number of likely N-dealkylation sites (tertiary alicyclic amines) is 1. The zero-order valence-electron chi connectivity index (χ0n) is 22.9. The Morgan fingerprint density at radius 1 is 1.02 bits per heavy atom. The normalized spacial score (nSPS) is 31.6. The van der Waals surface area contributed by atoms with Gasteiger partial charge < -0.3 is 9.84 Å². The SMILES string of the molecule is CCc1ccc(N2C(=O)[C@H]3[C@H](CC=C4[C@H]3C[C@@]3(Cl)C(=O)N(CBr)C(=O)[C@@]3(Cl)[C@H]4c3cc(OC(F)(F)F)ccc3O)C2=O)cc1. The van der Waals surface area contributed by atoms with Gasteiger partial charge in [-0.25, -0.2) is 0 Å². The minimum atomic E-state index is -5.07. The average molecular weight is 716 g/mol. The minimum Gasteiger partial charge on any atom is -0.508 e. The summed E-state index contributed by atoms with van der Waals surface area (Å²) in [6, 6.07) is 9.70. The number of alkyl halides is 6. The number of rotatable bonds is 5. The molecule has 0 radical (unpaired) electrons. The number of fused-ring (bicyclic) bond motifs is 4. The van der Waals surface area contributed by atoms with Crippen molar-refractivity contribution in [3.05, 3.63) is 65.2 Å². The summed E-state index contributed by atoms with van der Waals surface area (Å²) < 4.78 is 43.6. The van der Waals surface area contributed by atoms with Crippen LogP contribution in [-0.4, -0.2) is 55.2 Å². The van der Waals surface area contributed by atoms with Crippen molar-refractivity contribution in [2.24, 2.45) is 17.8 Å². The Morgan fingerprint density at radius 2 is 1.70 bits per heavy atom. The molecule has 14 heteroatoms. The lowest BCUT2D eigenvalue weighted by atomic mass is 9.56. The van der Waals surface area contributed by atoms with E-state index in [0.717, 1.165) is 40.0 Å². The second-order valence-corrected chi connectivity index (χ2v) is 13.0. The molecule has 2 heterocycles. The Labute approximate surface area is 267 Å². The molecule has 8 nitrogen and oxygen atoms in total. The molecule has 0 unspecified atom stereocenters. The van der Waals surface area contributed by atoms with Gasteiger partial charge in [-0.2, -0.15) is 0 Å². The molecule has 0 spiro atoms. The molecule has 2 aromatic carbocycles. The van der Waals surface area contributed by atoms with Crippen molar-refractivity contribution in [1.82, 2.24) is 4.90 Å². The van der Waals surface area contributed by atoms with Gasteiger partial charge in [-0.15, -0.1) is 36.4 Å². The molecule has 2 aromatic rings. The van der Waals surface area contributed by atoms with Crippen LogP contribution >= 0.6 is 39.1 Å². The topological polar surface area (TPSA) is 104 Å². The highest BCUT2D eigenvalue weighted by molar-refractivity contribution is 9.09. The Balaban J connectivity index is 1.51. The fraction of sp³-hybridized carbons (Fsp3) is 0.400. The van der Waals surface area contributed by atoms with E-state index in [9.17, 15) is 37.5 Å². The number of anilines is 1. The summed E-state index contributed by atoms with van der Waals surface area (Å²) in [4.78, 5) is 52.7. The molecule has 6 rings (SSSR count). The van der Waals surface area contributed by atoms with Gasteiger partial charge in [-0.1, -0.05) is 46.6 Å². The molecule has 1 saturated carbocycles. The van der Waals surface area contributed by atoms with E-state index in [2.05, 4.69) is 20.7 Å². The minimum absolute atomic E-state index is 0.0488. The molecular weight excluding hydrogens is 692 g/mol. The number of carbonyl (C=O) groups excluding carboxylic acids is 4. The summed E-state index contributed by atoms with van der Waals surface area (Å²) in [6.07, 6.45) is -2.96. The predicted octanol–water partition coefficient (Wildman–Crippen LogP) is 5.77. The first kappa shape index (κ1) is 30.9. The molecule has 2 saturated heterocycles. The zero-order valence-corrected chi connectivity index (χ0v) is 26.0. The first-order valence-electron chi connectivity index (χ1n) is 13.7. The first-order valence-corrected chi connectivity index (χ1v) is 15.6. The van der Waals surface area contributed by atoms with Crippen LogP contribution in [0.25, 0.3) is 0 Å². The first-order chi connectivity index (χ1) is 20.7. The van der Waals surface area contributed by atoms with E-state index in [1.54, 1.807) is 18.2 Å². The maximum atomic E-state index is 14.1. The van der Waals surface area contributed by atoms with E-state index in [-0.39, 0.29) is 23.9 Å². The average Bonchev–Trinajstić information content (AvgIpc) is 3.31. The largest absolute Gasteiger partial charge is 0.573 e. The van der Waals surface area contributed by atoms with E-state index in [4.69, 9.17) is 23.2 Å². The molecule has 44 heavy (non-hydrogen) atoms. The molecule has 6 atom stereocenters. The molecule has 2 aliphatic heterocycles. The van der Waals surface area contributed by atoms with E-state index in [0.29, 0.717) is 11.3 Å². The van der Waals surface area contributed by atoms with Crippen LogP contribution in [0.15, 0.2) is 54.1 Å². The monoisotopic (exact) mass is 714 g/mol. The summed E-state index contributed by atoms with van der Waals surface area (Å²) in [6.45, 7) is 1.97. The summed E-state index contributed by atoms with van der Waals surface area (Å²) in [5, 5.41) is 11.0. The van der Waals surface area contributed by atoms with Crippen LogP contribution in [0, 0.1) is 17.8 Å². The number of phenolic OH excluding ortho intramolecular Hbond substituents is 1. The van der Waals surface area contributed by atoms with Crippen LogP contribution in [0.5, 0.6) is 11.5 Å². The summed E-state index contributed by atoms with van der Waals surface area (Å²) in [7, 11) is 0. The molecule has 1 N–H and O–H groups in total. The second-order valence-electron chi connectivity index (χ2n) is 11.3. The number of amides is 4. The molecule has 232 valence electrons. The van der Waals surface area contributed by atoms with Gasteiger partial charge in [0.2, 0.25) is 11.8 Å². The zero-order chi connectivity index (χ0) is 31.9. The predicted molar refractivity (Wildman–Crippen MR) is 156 cm³/mol. The molecule has 0 aromatic heterocycles. The van der Waals surface area contributed by atoms with Crippen LogP contribution in [0.2, 0.25) is 0 Å². The van der Waals surface area contributed by atoms with Gasteiger partial charge in [-0.05, 0) is 61.1 Å². The number of aryl methyl sites for hydroxylation is 1. The van der Waals surface area contributed by atoms with Crippen LogP contribution in [-0.2, 0) is 25.6 Å². The smallest absolute Gasteiger partial charge is 0.508 e. The molecule has 0 bridgehead atoms. The Hall–Kier alpha value is -3.09. The maximum Gasteiger partial charge on any atom is 0.573 e. The third-order valence-electron chi connectivity index (χ3n) is 9.16. The number of aromatic hydroxyl groups is 1. The Morgan fingerprint density at radius 3 is 2.32 bits per heavy atom. The third kappa shape index (κ3) is 4.31. The van der Waals surface area contributed by atoms with Crippen molar-refractivity contribution in [3.8, 4) is 11.5 Å². The van der Waals surface area contributed by atoms with Crippen molar-refractivity contribution in [2.75, 3.05) is 10.4 Å². The quantitative estimate of drug-likeness (QED) is 0.183. The van der Waals surface area contributed by atoms with Gasteiger partial charge in [0.25, 0.3) is 11.8 Å². The van der Waals surface area contributed by atoms with E-state index in [1.807, 2.05) is 19.1 Å². The van der Waals surface area contributed by atoms with Gasteiger partial charge in [0.1, 0.15) is 11.5 Å². The lowest BCUT2D eigenvalue weighted by molar-refractivity contribution is -0.274. The number of hydrogen-bond donors (Lipinski definition) is 1. The number of ether oxygens (including phenoxy) is 1. The molecule has 4 amide bonds. The number of phenols is 1. The lowest BCUT2D eigenvalue weighted by Crippen LogP contribution is -2.60. The number of benzene rings is 2. The van der Waals surface area contributed by atoms with Crippen molar-refractivity contribution in [2.45, 2.75) is 48.2 Å². The Bertz CT molecular complexity index is 1640. The summed E-state index contributed by atoms with van der Waals surface area (Å²) >= 11 is 17.3. The van der Waals surface area contributed by atoms with Gasteiger partial charge in [-0.3, -0.25) is 29.0 Å². The van der Waals surface area contributed by atoms with Crippen molar-refractivity contribution in [1.29, 1.82) is 0 Å². The van der Waals surface area contributed by atoms with Crippen LogP contribution < -0.4 is 9.64 Å². The van der Waals surface area contributed by atoms with E-state index >= 15 is 0 Å². The number of nitrogens with zero attached hydrogens (tertiary/aromatic N) is 2. The molecule has 4 aliphatic rings. The number of imide groups is 2. The fourth-order valence-electron chi connectivity index (χ4n) is 7.19. The highest BCUT2D eigenvalue weighted by Crippen LogP contribution is 2.66. The second kappa shape index (κ2) is 10.5. The van der Waals surface area contributed by atoms with Gasteiger partial charge in [0.05, 0.1) is 23.0 Å². The fourth-order valence-corrected chi connectivity index (χ4v) is 8.61. The molecular formula is C30H24BrCl2F3N2O6. The highest BCUT2D eigenvalue weighted by atomic mass is 79.9. The maximum absolute atomic E-state index is 14.1. The van der Waals surface area contributed by atoms with Crippen molar-refractivity contribution >= 4 is 68.4 Å². The number of carbonyl (C=O) groups is 4.